The Morgan fingerprint density at radius 2 is 1.84 bits per heavy atom. The Kier molecular flexibility index (Phi) is 8.64. The fraction of sp³-hybridized carbons (Fsp3) is 0.294. The zero-order chi connectivity index (χ0) is 31.5. The van der Waals surface area contributed by atoms with Crippen LogP contribution in [0.1, 0.15) is 41.8 Å². The Bertz CT molecular complexity index is 1810. The van der Waals surface area contributed by atoms with Crippen molar-refractivity contribution in [3.8, 4) is 17.0 Å². The lowest BCUT2D eigenvalue weighted by Gasteiger charge is -2.43. The number of fused-ring (bicyclic) bond motifs is 5. The molecular formula is C34H33F2N7O2. The predicted octanol–water partition coefficient (Wildman–Crippen LogP) is 6.71. The number of anilines is 2. The Balaban J connectivity index is 1.27. The summed E-state index contributed by atoms with van der Waals surface area (Å²) < 4.78 is 42.1. The third kappa shape index (κ3) is 6.05. The van der Waals surface area contributed by atoms with Crippen LogP contribution < -0.4 is 9.64 Å². The van der Waals surface area contributed by atoms with Crippen LogP contribution in [0.15, 0.2) is 81.8 Å². The van der Waals surface area contributed by atoms with E-state index in [4.69, 9.17) is 19.5 Å². The molecule has 0 aliphatic carbocycles. The van der Waals surface area contributed by atoms with Gasteiger partial charge < -0.3 is 14.4 Å². The first kappa shape index (κ1) is 30.1. The third-order valence-electron chi connectivity index (χ3n) is 7.80. The van der Waals surface area contributed by atoms with Crippen molar-refractivity contribution in [2.45, 2.75) is 39.3 Å². The summed E-state index contributed by atoms with van der Waals surface area (Å²) in [7, 11) is 3.52. The largest absolute Gasteiger partial charge is 0.497 e. The summed E-state index contributed by atoms with van der Waals surface area (Å²) in [4.78, 5) is 26.6. The van der Waals surface area contributed by atoms with Crippen molar-refractivity contribution >= 4 is 23.3 Å². The van der Waals surface area contributed by atoms with E-state index in [9.17, 15) is 4.39 Å². The predicted molar refractivity (Wildman–Crippen MR) is 169 cm³/mol. The van der Waals surface area contributed by atoms with Gasteiger partial charge in [-0.2, -0.15) is 0 Å². The number of benzene rings is 2. The van der Waals surface area contributed by atoms with Crippen molar-refractivity contribution in [2.75, 3.05) is 32.1 Å². The first-order valence-electron chi connectivity index (χ1n) is 14.7. The Morgan fingerprint density at radius 3 is 2.62 bits per heavy atom. The van der Waals surface area contributed by atoms with Crippen LogP contribution in [-0.2, 0) is 11.3 Å². The number of aryl methyl sites for hydroxylation is 1. The molecule has 11 heteroatoms. The molecule has 4 aromatic rings. The van der Waals surface area contributed by atoms with Gasteiger partial charge in [-0.05, 0) is 67.8 Å². The number of rotatable bonds is 8. The molecule has 4 heterocycles. The van der Waals surface area contributed by atoms with E-state index in [1.165, 1.54) is 18.2 Å². The maximum absolute atomic E-state index is 15.7. The molecule has 9 nitrogen and oxygen atoms in total. The number of pyridine rings is 2. The van der Waals surface area contributed by atoms with E-state index in [1.54, 1.807) is 25.4 Å². The first-order valence-corrected chi connectivity index (χ1v) is 14.7. The molecule has 0 saturated carbocycles. The number of aromatic nitrogens is 2. The van der Waals surface area contributed by atoms with Gasteiger partial charge in [0.1, 0.15) is 40.8 Å². The second-order valence-corrected chi connectivity index (χ2v) is 10.9. The van der Waals surface area contributed by atoms with Gasteiger partial charge in [0.2, 0.25) is 6.35 Å². The summed E-state index contributed by atoms with van der Waals surface area (Å²) in [6.07, 6.45) is 1.30. The molecule has 0 spiro atoms. The maximum atomic E-state index is 15.7. The summed E-state index contributed by atoms with van der Waals surface area (Å²) >= 11 is 0. The first-order chi connectivity index (χ1) is 21.9. The highest BCUT2D eigenvalue weighted by Crippen LogP contribution is 2.45. The van der Waals surface area contributed by atoms with Crippen molar-refractivity contribution in [1.29, 1.82) is 0 Å². The van der Waals surface area contributed by atoms with Crippen molar-refractivity contribution in [3.63, 3.8) is 0 Å². The third-order valence-corrected chi connectivity index (χ3v) is 7.80. The van der Waals surface area contributed by atoms with Crippen LogP contribution in [-0.4, -0.2) is 60.3 Å². The molecule has 230 valence electrons. The summed E-state index contributed by atoms with van der Waals surface area (Å²) in [5, 5.41) is 0. The second-order valence-electron chi connectivity index (χ2n) is 10.9. The highest BCUT2D eigenvalue weighted by Gasteiger charge is 2.41. The quantitative estimate of drug-likeness (QED) is 0.163. The van der Waals surface area contributed by atoms with Gasteiger partial charge >= 0.3 is 0 Å². The maximum Gasteiger partial charge on any atom is 0.236 e. The molecule has 2 aromatic carbocycles. The minimum atomic E-state index is -0.769. The van der Waals surface area contributed by atoms with Gasteiger partial charge in [0.05, 0.1) is 43.2 Å². The molecule has 2 unspecified atom stereocenters. The normalized spacial score (nSPS) is 16.5. The van der Waals surface area contributed by atoms with Crippen LogP contribution >= 0.6 is 0 Å². The number of hydrogen-bond donors (Lipinski definition) is 0. The number of aliphatic imine (C=N–C) groups is 3. The second kappa shape index (κ2) is 12.9. The fourth-order valence-electron chi connectivity index (χ4n) is 5.50. The number of halogens is 2. The van der Waals surface area contributed by atoms with Crippen LogP contribution in [0.3, 0.4) is 0 Å². The number of hydrogen-bond acceptors (Lipinski definition) is 9. The van der Waals surface area contributed by atoms with Crippen LogP contribution in [0.5, 0.6) is 5.75 Å². The van der Waals surface area contributed by atoms with E-state index in [0.29, 0.717) is 43.3 Å². The molecule has 2 atom stereocenters. The summed E-state index contributed by atoms with van der Waals surface area (Å²) in [6, 6.07) is 19.8. The van der Waals surface area contributed by atoms with Gasteiger partial charge in [-0.25, -0.2) is 28.7 Å². The van der Waals surface area contributed by atoms with Gasteiger partial charge in [0.15, 0.2) is 0 Å². The van der Waals surface area contributed by atoms with Gasteiger partial charge in [0.25, 0.3) is 0 Å². The average molecular weight is 610 g/mol. The summed E-state index contributed by atoms with van der Waals surface area (Å²) in [5.74, 6) is 0.531. The molecule has 0 N–H and O–H groups in total. The number of ether oxygens (including phenoxy) is 2. The average Bonchev–Trinajstić information content (AvgIpc) is 3.04. The van der Waals surface area contributed by atoms with Crippen LogP contribution in [0.2, 0.25) is 0 Å². The minimum Gasteiger partial charge on any atom is -0.497 e. The number of nitrogens with zero attached hydrogens (tertiary/aromatic N) is 7. The Morgan fingerprint density at radius 1 is 1.04 bits per heavy atom. The zero-order valence-electron chi connectivity index (χ0n) is 25.5. The number of methoxy groups -OCH3 is 1. The fourth-order valence-corrected chi connectivity index (χ4v) is 5.50. The molecular weight excluding hydrogens is 576 g/mol. The lowest BCUT2D eigenvalue weighted by atomic mass is 10.0. The summed E-state index contributed by atoms with van der Waals surface area (Å²) in [6.45, 7) is 5.44. The van der Waals surface area contributed by atoms with E-state index < -0.39 is 18.0 Å². The Hall–Kier alpha value is -4.99. The van der Waals surface area contributed by atoms with E-state index in [-0.39, 0.29) is 17.4 Å². The number of amidine groups is 1. The van der Waals surface area contributed by atoms with Gasteiger partial charge in [-0.15, -0.1) is 0 Å². The zero-order valence-corrected chi connectivity index (χ0v) is 25.5. The Labute approximate surface area is 260 Å². The highest BCUT2D eigenvalue weighted by molar-refractivity contribution is 6.05. The SMILES string of the molecule is COc1ccc(CN=C=NCCCN(C)C2=NC3OC(C)c4nccc(C)c4N3c3nc(-c4ccccc4F)c(F)cc32)cc1. The molecule has 6 rings (SSSR count). The molecule has 2 aliphatic heterocycles. The van der Waals surface area contributed by atoms with E-state index in [2.05, 4.69) is 21.0 Å². The van der Waals surface area contributed by atoms with Gasteiger partial charge in [-0.1, -0.05) is 24.3 Å². The lowest BCUT2D eigenvalue weighted by molar-refractivity contribution is -0.00812. The van der Waals surface area contributed by atoms with Crippen molar-refractivity contribution in [1.82, 2.24) is 14.9 Å². The van der Waals surface area contributed by atoms with Crippen molar-refractivity contribution in [2.24, 2.45) is 15.0 Å². The van der Waals surface area contributed by atoms with Crippen LogP contribution in [0.25, 0.3) is 11.3 Å². The molecule has 45 heavy (non-hydrogen) atoms. The van der Waals surface area contributed by atoms with Gasteiger partial charge in [0, 0.05) is 25.4 Å². The van der Waals surface area contributed by atoms with Crippen molar-refractivity contribution < 1.29 is 18.3 Å². The monoisotopic (exact) mass is 609 g/mol. The molecule has 0 amide bonds. The molecule has 0 bridgehead atoms. The minimum absolute atomic E-state index is 0.0766. The molecule has 2 aromatic heterocycles. The van der Waals surface area contributed by atoms with Crippen molar-refractivity contribution in [3.05, 3.63) is 101 Å². The lowest BCUT2D eigenvalue weighted by Crippen LogP contribution is -2.46. The van der Waals surface area contributed by atoms with E-state index in [0.717, 1.165) is 28.3 Å². The standard InChI is InChI=1S/C34H33F2N7O2/c1-21-14-16-39-29-22(2)45-34-41-32(42(3)17-7-15-37-20-38-19-23-10-12-24(44-4)13-11-23)26-18-28(36)30(25-8-5-6-9-27(25)35)40-33(26)43(34)31(21)29/h5-6,8-14,16,18,22,34H,7,15,17,19H2,1-4H3. The summed E-state index contributed by atoms with van der Waals surface area (Å²) in [5.41, 5.74) is 3.98. The smallest absolute Gasteiger partial charge is 0.236 e. The molecule has 0 fully saturated rings. The topological polar surface area (TPSA) is 87.8 Å². The van der Waals surface area contributed by atoms with E-state index in [1.807, 2.05) is 61.0 Å². The molecule has 0 radical (unpaired) electrons. The molecule has 2 aliphatic rings. The molecule has 0 saturated heterocycles. The highest BCUT2D eigenvalue weighted by atomic mass is 19.1. The van der Waals surface area contributed by atoms with Crippen LogP contribution in [0.4, 0.5) is 20.3 Å². The van der Waals surface area contributed by atoms with Gasteiger partial charge in [-0.3, -0.25) is 9.88 Å². The van der Waals surface area contributed by atoms with Crippen LogP contribution in [0, 0.1) is 18.6 Å². The van der Waals surface area contributed by atoms with E-state index >= 15 is 4.39 Å².